The van der Waals surface area contributed by atoms with E-state index in [1.807, 2.05) is 0 Å². The van der Waals surface area contributed by atoms with Crippen LogP contribution in [0, 0.1) is 5.92 Å². The molecule has 3 nitrogen and oxygen atoms in total. The highest BCUT2D eigenvalue weighted by molar-refractivity contribution is 5.77. The van der Waals surface area contributed by atoms with Crippen LogP contribution in [0.5, 0.6) is 0 Å². The molecule has 2 heterocycles. The van der Waals surface area contributed by atoms with E-state index in [0.717, 1.165) is 19.3 Å². The lowest BCUT2D eigenvalue weighted by molar-refractivity contribution is -0.137. The van der Waals surface area contributed by atoms with Gasteiger partial charge in [-0.1, -0.05) is 6.42 Å². The lowest BCUT2D eigenvalue weighted by Gasteiger charge is -2.39. The monoisotopic (exact) mass is 222 g/mol. The predicted octanol–water partition coefficient (Wildman–Crippen LogP) is 1.66. The molecule has 1 saturated carbocycles. The molecule has 2 atom stereocenters. The fourth-order valence-corrected chi connectivity index (χ4v) is 3.68. The molecule has 0 aromatic heterocycles. The summed E-state index contributed by atoms with van der Waals surface area (Å²) >= 11 is 0. The molecule has 2 saturated heterocycles. The summed E-state index contributed by atoms with van der Waals surface area (Å²) in [5.74, 6) is 1.12. The number of hydrogen-bond donors (Lipinski definition) is 1. The second kappa shape index (κ2) is 4.02. The molecule has 3 heteroatoms. The van der Waals surface area contributed by atoms with Crippen LogP contribution in [0.1, 0.15) is 51.4 Å². The second-order valence-corrected chi connectivity index (χ2v) is 5.92. The number of nitrogens with zero attached hydrogens (tertiary/aromatic N) is 1. The van der Waals surface area contributed by atoms with E-state index >= 15 is 0 Å². The van der Waals surface area contributed by atoms with Gasteiger partial charge in [-0.2, -0.15) is 0 Å². The van der Waals surface area contributed by atoms with Crippen LogP contribution in [0.4, 0.5) is 0 Å². The Morgan fingerprint density at radius 3 is 2.25 bits per heavy atom. The summed E-state index contributed by atoms with van der Waals surface area (Å²) in [7, 11) is 0. The zero-order valence-corrected chi connectivity index (χ0v) is 9.90. The van der Waals surface area contributed by atoms with Crippen molar-refractivity contribution in [2.75, 3.05) is 0 Å². The molecular weight excluding hydrogens is 200 g/mol. The minimum Gasteiger partial charge on any atom is -0.337 e. The first-order valence-corrected chi connectivity index (χ1v) is 6.81. The van der Waals surface area contributed by atoms with Crippen molar-refractivity contribution in [2.45, 2.75) is 69.5 Å². The van der Waals surface area contributed by atoms with E-state index in [4.69, 9.17) is 5.73 Å². The van der Waals surface area contributed by atoms with Crippen LogP contribution in [0.15, 0.2) is 0 Å². The molecule has 2 bridgehead atoms. The highest BCUT2D eigenvalue weighted by atomic mass is 16.2. The standard InChI is InChI=1S/C13H22N2O/c14-10-7-11-4-5-12(8-10)15(11)13(16)6-9-2-1-3-9/h9-12H,1-8,14H2. The largest absolute Gasteiger partial charge is 0.337 e. The normalized spacial score (nSPS) is 38.6. The summed E-state index contributed by atoms with van der Waals surface area (Å²) in [4.78, 5) is 14.5. The fraction of sp³-hybridized carbons (Fsp3) is 0.923. The summed E-state index contributed by atoms with van der Waals surface area (Å²) in [6, 6.07) is 1.29. The molecule has 0 aromatic rings. The van der Waals surface area contributed by atoms with Gasteiger partial charge in [0.2, 0.25) is 5.91 Å². The van der Waals surface area contributed by atoms with E-state index < -0.39 is 0 Å². The summed E-state index contributed by atoms with van der Waals surface area (Å²) in [5, 5.41) is 0. The van der Waals surface area contributed by atoms with Gasteiger partial charge in [-0.25, -0.2) is 0 Å². The van der Waals surface area contributed by atoms with E-state index in [9.17, 15) is 4.79 Å². The lowest BCUT2D eigenvalue weighted by atomic mass is 9.82. The van der Waals surface area contributed by atoms with Crippen molar-refractivity contribution in [1.82, 2.24) is 4.90 Å². The third-order valence-electron chi connectivity index (χ3n) is 4.75. The van der Waals surface area contributed by atoms with Crippen molar-refractivity contribution in [2.24, 2.45) is 11.7 Å². The topological polar surface area (TPSA) is 46.3 Å². The average molecular weight is 222 g/mol. The third-order valence-corrected chi connectivity index (χ3v) is 4.75. The smallest absolute Gasteiger partial charge is 0.223 e. The minimum absolute atomic E-state index is 0.338. The van der Waals surface area contributed by atoms with Crippen LogP contribution < -0.4 is 5.73 Å². The summed E-state index contributed by atoms with van der Waals surface area (Å²) in [6.07, 6.45) is 9.13. The van der Waals surface area contributed by atoms with Crippen LogP contribution in [0.3, 0.4) is 0 Å². The first kappa shape index (κ1) is 10.6. The molecule has 2 aliphatic heterocycles. The van der Waals surface area contributed by atoms with Crippen molar-refractivity contribution in [3.05, 3.63) is 0 Å². The maximum atomic E-state index is 12.3. The molecule has 3 aliphatic rings. The van der Waals surface area contributed by atoms with Gasteiger partial charge in [-0.3, -0.25) is 4.79 Å². The zero-order valence-electron chi connectivity index (χ0n) is 9.90. The summed E-state index contributed by atoms with van der Waals surface area (Å²) < 4.78 is 0. The minimum atomic E-state index is 0.338. The van der Waals surface area contributed by atoms with Crippen molar-refractivity contribution in [1.29, 1.82) is 0 Å². The molecule has 16 heavy (non-hydrogen) atoms. The van der Waals surface area contributed by atoms with E-state index in [0.29, 0.717) is 30.0 Å². The van der Waals surface area contributed by atoms with E-state index in [1.165, 1.54) is 32.1 Å². The molecule has 3 rings (SSSR count). The van der Waals surface area contributed by atoms with Gasteiger partial charge < -0.3 is 10.6 Å². The molecule has 0 spiro atoms. The van der Waals surface area contributed by atoms with Gasteiger partial charge in [-0.05, 0) is 44.4 Å². The summed E-state index contributed by atoms with van der Waals surface area (Å²) in [6.45, 7) is 0. The Kier molecular flexibility index (Phi) is 2.66. The predicted molar refractivity (Wildman–Crippen MR) is 62.8 cm³/mol. The van der Waals surface area contributed by atoms with Crippen molar-refractivity contribution in [3.63, 3.8) is 0 Å². The van der Waals surface area contributed by atoms with Gasteiger partial charge in [0.25, 0.3) is 0 Å². The number of hydrogen-bond acceptors (Lipinski definition) is 2. The maximum absolute atomic E-state index is 12.3. The molecule has 3 fully saturated rings. The fourth-order valence-electron chi connectivity index (χ4n) is 3.68. The molecule has 2 unspecified atom stereocenters. The highest BCUT2D eigenvalue weighted by Crippen LogP contribution is 2.37. The molecule has 2 N–H and O–H groups in total. The Hall–Kier alpha value is -0.570. The van der Waals surface area contributed by atoms with Gasteiger partial charge in [0.15, 0.2) is 0 Å². The van der Waals surface area contributed by atoms with Gasteiger partial charge in [-0.15, -0.1) is 0 Å². The molecule has 1 amide bonds. The van der Waals surface area contributed by atoms with E-state index in [-0.39, 0.29) is 0 Å². The van der Waals surface area contributed by atoms with Gasteiger partial charge in [0, 0.05) is 24.5 Å². The van der Waals surface area contributed by atoms with Crippen molar-refractivity contribution < 1.29 is 4.79 Å². The number of nitrogens with two attached hydrogens (primary N) is 1. The molecule has 1 aliphatic carbocycles. The maximum Gasteiger partial charge on any atom is 0.223 e. The van der Waals surface area contributed by atoms with Gasteiger partial charge in [0.1, 0.15) is 0 Å². The third kappa shape index (κ3) is 1.75. The Labute approximate surface area is 97.4 Å². The van der Waals surface area contributed by atoms with Gasteiger partial charge in [0.05, 0.1) is 0 Å². The number of carbonyl (C=O) groups excluding carboxylic acids is 1. The quantitative estimate of drug-likeness (QED) is 0.772. The van der Waals surface area contributed by atoms with Crippen LogP contribution >= 0.6 is 0 Å². The molecule has 90 valence electrons. The van der Waals surface area contributed by atoms with Crippen LogP contribution in [0.25, 0.3) is 0 Å². The van der Waals surface area contributed by atoms with E-state index in [2.05, 4.69) is 4.90 Å². The molecular formula is C13H22N2O. The van der Waals surface area contributed by atoms with E-state index in [1.54, 1.807) is 0 Å². The first-order valence-electron chi connectivity index (χ1n) is 6.81. The Morgan fingerprint density at radius 2 is 1.75 bits per heavy atom. The van der Waals surface area contributed by atoms with Crippen molar-refractivity contribution >= 4 is 5.91 Å². The lowest BCUT2D eigenvalue weighted by Crippen LogP contribution is -2.50. The number of amides is 1. The first-order chi connectivity index (χ1) is 7.74. The van der Waals surface area contributed by atoms with Crippen LogP contribution in [-0.2, 0) is 4.79 Å². The number of carbonyl (C=O) groups is 1. The highest BCUT2D eigenvalue weighted by Gasteiger charge is 2.42. The second-order valence-electron chi connectivity index (χ2n) is 5.92. The van der Waals surface area contributed by atoms with Crippen LogP contribution in [0.2, 0.25) is 0 Å². The Morgan fingerprint density at radius 1 is 1.12 bits per heavy atom. The summed E-state index contributed by atoms with van der Waals surface area (Å²) in [5.41, 5.74) is 6.02. The van der Waals surface area contributed by atoms with Crippen LogP contribution in [-0.4, -0.2) is 28.9 Å². The Balaban J connectivity index is 1.63. The SMILES string of the molecule is NC1CC2CCC(C1)N2C(=O)CC1CCC1. The number of fused-ring (bicyclic) bond motifs is 2. The van der Waals surface area contributed by atoms with Gasteiger partial charge >= 0.3 is 0 Å². The number of rotatable bonds is 2. The zero-order chi connectivity index (χ0) is 11.1. The Bertz CT molecular complexity index is 274. The molecule has 0 radical (unpaired) electrons. The average Bonchev–Trinajstić information content (AvgIpc) is 2.45. The van der Waals surface area contributed by atoms with Crippen molar-refractivity contribution in [3.8, 4) is 0 Å². The number of piperidine rings is 1. The molecule has 0 aromatic carbocycles.